The molecule has 4 aromatic carbocycles. The number of hydrogen-bond donors (Lipinski definition) is 2. The van der Waals surface area contributed by atoms with Crippen LogP contribution < -0.4 is 22.2 Å². The Bertz CT molecular complexity index is 2850. The average Bonchev–Trinajstić information content (AvgIpc) is 3.27. The molecule has 2 atom stereocenters. The van der Waals surface area contributed by atoms with Gasteiger partial charge in [-0.25, -0.2) is 4.79 Å². The third-order valence-corrected chi connectivity index (χ3v) is 10.0. The number of ether oxygens (including phenoxy) is 1. The molecule has 0 spiro atoms. The normalized spacial score (nSPS) is 11.9. The van der Waals surface area contributed by atoms with Gasteiger partial charge >= 0.3 is 5.97 Å². The van der Waals surface area contributed by atoms with E-state index in [9.17, 15) is 19.2 Å². The molecule has 58 heavy (non-hydrogen) atoms. The topological polar surface area (TPSA) is 151 Å². The first kappa shape index (κ1) is 40.7. The first-order valence-electron chi connectivity index (χ1n) is 19.1. The van der Waals surface area contributed by atoms with Crippen LogP contribution >= 0.6 is 0 Å². The molecule has 4 aromatic heterocycles. The number of carbonyl (C=O) groups excluding carboxylic acids is 2. The number of pyridine rings is 4. The SMILES string of the molecule is CCn1c(=O)c2cnccc2c2ccc(C(=O)N[C@H](C)c3ccccc3)cc21.CCn1c(=O)c2cnccc2c2ccc(C(=O)OC)cc21.C[C@@H](N)c1ccccc1. The van der Waals surface area contributed by atoms with Crippen molar-refractivity contribution in [2.45, 2.75) is 52.9 Å². The van der Waals surface area contributed by atoms with Gasteiger partial charge in [0, 0.05) is 60.3 Å². The lowest BCUT2D eigenvalue weighted by atomic mass is 10.0. The van der Waals surface area contributed by atoms with Crippen LogP contribution in [0.2, 0.25) is 0 Å². The number of carbonyl (C=O) groups is 2. The summed E-state index contributed by atoms with van der Waals surface area (Å²) in [5.41, 5.74) is 10.1. The molecule has 8 rings (SSSR count). The molecule has 0 aliphatic carbocycles. The average molecular weight is 775 g/mol. The highest BCUT2D eigenvalue weighted by Gasteiger charge is 2.16. The number of amides is 1. The number of benzene rings is 4. The fourth-order valence-electron chi connectivity index (χ4n) is 6.95. The van der Waals surface area contributed by atoms with Crippen molar-refractivity contribution in [3.8, 4) is 0 Å². The maximum Gasteiger partial charge on any atom is 0.337 e. The van der Waals surface area contributed by atoms with Crippen LogP contribution in [0.3, 0.4) is 0 Å². The van der Waals surface area contributed by atoms with E-state index in [1.807, 2.05) is 113 Å². The van der Waals surface area contributed by atoms with Gasteiger partial charge in [-0.05, 0) is 86.0 Å². The van der Waals surface area contributed by atoms with Crippen molar-refractivity contribution in [3.63, 3.8) is 0 Å². The van der Waals surface area contributed by atoms with Crippen molar-refractivity contribution >= 4 is 55.2 Å². The number of nitrogens with zero attached hydrogens (tertiary/aromatic N) is 4. The number of esters is 1. The fraction of sp³-hybridized carbons (Fsp3) is 0.191. The second kappa shape index (κ2) is 18.3. The summed E-state index contributed by atoms with van der Waals surface area (Å²) in [4.78, 5) is 58.0. The van der Waals surface area contributed by atoms with E-state index in [-0.39, 0.29) is 29.1 Å². The monoisotopic (exact) mass is 774 g/mol. The van der Waals surface area contributed by atoms with E-state index in [2.05, 4.69) is 15.3 Å². The number of fused-ring (bicyclic) bond motifs is 6. The van der Waals surface area contributed by atoms with Crippen molar-refractivity contribution in [1.82, 2.24) is 24.4 Å². The standard InChI is InChI=1S/C23H21N3O2.C16H14N2O3.C8H11N/c1-3-26-21-13-17(22(27)25-15(2)16-7-5-4-6-8-16)9-10-19(21)18-11-12-24-14-20(18)23(26)28;1-3-18-14-8-10(16(20)21-2)4-5-12(14)11-6-7-17-9-13(11)15(18)19;1-7(9)8-5-3-2-4-6-8/h4-15H,3H2,1-2H3,(H,25,27);4-9H,3H2,1-2H3;2-7H,9H2,1H3/t15-;;7-/m1.1/s1. The first-order chi connectivity index (χ1) is 28.1. The molecule has 0 fully saturated rings. The van der Waals surface area contributed by atoms with Crippen LogP contribution in [0.5, 0.6) is 0 Å². The van der Waals surface area contributed by atoms with Crippen LogP contribution in [-0.4, -0.2) is 38.1 Å². The van der Waals surface area contributed by atoms with Crippen molar-refractivity contribution in [1.29, 1.82) is 0 Å². The lowest BCUT2D eigenvalue weighted by molar-refractivity contribution is 0.0600. The van der Waals surface area contributed by atoms with E-state index in [1.165, 1.54) is 12.7 Å². The van der Waals surface area contributed by atoms with Crippen molar-refractivity contribution in [2.24, 2.45) is 5.73 Å². The molecule has 0 saturated heterocycles. The molecule has 1 amide bonds. The molecule has 0 bridgehead atoms. The van der Waals surface area contributed by atoms with Gasteiger partial charge in [-0.1, -0.05) is 72.8 Å². The van der Waals surface area contributed by atoms with E-state index >= 15 is 0 Å². The van der Waals surface area contributed by atoms with Crippen molar-refractivity contribution < 1.29 is 14.3 Å². The fourth-order valence-corrected chi connectivity index (χ4v) is 6.95. The molecule has 11 nitrogen and oxygen atoms in total. The lowest BCUT2D eigenvalue weighted by Crippen LogP contribution is -2.27. The van der Waals surface area contributed by atoms with Gasteiger partial charge in [-0.2, -0.15) is 0 Å². The number of rotatable bonds is 7. The Labute approximate surface area is 335 Å². The van der Waals surface area contributed by atoms with Crippen LogP contribution in [0.1, 0.15) is 71.6 Å². The highest BCUT2D eigenvalue weighted by Crippen LogP contribution is 2.25. The number of aromatic nitrogens is 4. The summed E-state index contributed by atoms with van der Waals surface area (Å²) < 4.78 is 8.08. The molecule has 0 aliphatic heterocycles. The van der Waals surface area contributed by atoms with E-state index in [1.54, 1.807) is 58.2 Å². The molecule has 3 N–H and O–H groups in total. The van der Waals surface area contributed by atoms with E-state index in [0.717, 1.165) is 38.1 Å². The van der Waals surface area contributed by atoms with Crippen molar-refractivity contribution in [2.75, 3.05) is 7.11 Å². The second-order valence-electron chi connectivity index (χ2n) is 13.7. The largest absolute Gasteiger partial charge is 0.465 e. The van der Waals surface area contributed by atoms with Gasteiger partial charge in [0.05, 0.1) is 40.5 Å². The molecule has 8 aromatic rings. The molecular weight excluding hydrogens is 729 g/mol. The Morgan fingerprint density at radius 3 is 1.55 bits per heavy atom. The summed E-state index contributed by atoms with van der Waals surface area (Å²) in [5, 5.41) is 7.75. The molecule has 0 unspecified atom stereocenters. The summed E-state index contributed by atoms with van der Waals surface area (Å²) in [6.07, 6.45) is 6.52. The Morgan fingerprint density at radius 1 is 0.638 bits per heavy atom. The second-order valence-corrected chi connectivity index (χ2v) is 13.7. The summed E-state index contributed by atoms with van der Waals surface area (Å²) >= 11 is 0. The number of methoxy groups -OCH3 is 1. The van der Waals surface area contributed by atoms with Gasteiger partial charge in [0.2, 0.25) is 0 Å². The highest BCUT2D eigenvalue weighted by atomic mass is 16.5. The van der Waals surface area contributed by atoms with Gasteiger partial charge in [0.1, 0.15) is 0 Å². The van der Waals surface area contributed by atoms with Crippen LogP contribution in [0.25, 0.3) is 43.4 Å². The third-order valence-electron chi connectivity index (χ3n) is 10.0. The zero-order valence-electron chi connectivity index (χ0n) is 33.2. The summed E-state index contributed by atoms with van der Waals surface area (Å²) in [7, 11) is 1.34. The molecule has 0 radical (unpaired) electrons. The zero-order chi connectivity index (χ0) is 41.3. The number of nitrogens with two attached hydrogens (primary N) is 1. The smallest absolute Gasteiger partial charge is 0.337 e. The van der Waals surface area contributed by atoms with Crippen LogP contribution in [0.4, 0.5) is 0 Å². The Balaban J connectivity index is 0.000000165. The quantitative estimate of drug-likeness (QED) is 0.122. The molecule has 0 saturated carbocycles. The molecule has 0 aliphatic rings. The number of aryl methyl sites for hydroxylation is 2. The van der Waals surface area contributed by atoms with Gasteiger partial charge in [-0.3, -0.25) is 24.4 Å². The predicted molar refractivity (Wildman–Crippen MR) is 231 cm³/mol. The Morgan fingerprint density at radius 2 is 1.10 bits per heavy atom. The Hall–Kier alpha value is -6.98. The number of nitrogens with one attached hydrogen (secondary N) is 1. The predicted octanol–water partition coefficient (Wildman–Crippen LogP) is 8.12. The van der Waals surface area contributed by atoms with Gasteiger partial charge in [-0.15, -0.1) is 0 Å². The van der Waals surface area contributed by atoms with Crippen LogP contribution in [-0.2, 0) is 17.8 Å². The number of hydrogen-bond acceptors (Lipinski definition) is 8. The van der Waals surface area contributed by atoms with Gasteiger partial charge < -0.3 is 24.9 Å². The summed E-state index contributed by atoms with van der Waals surface area (Å²) in [6, 6.07) is 34.4. The molecular formula is C47H46N6O5. The van der Waals surface area contributed by atoms with E-state index < -0.39 is 5.97 Å². The minimum atomic E-state index is -0.415. The highest BCUT2D eigenvalue weighted by molar-refractivity contribution is 6.08. The molecule has 11 heteroatoms. The minimum Gasteiger partial charge on any atom is -0.465 e. The Kier molecular flexibility index (Phi) is 12.8. The van der Waals surface area contributed by atoms with Crippen LogP contribution in [0.15, 0.2) is 144 Å². The van der Waals surface area contributed by atoms with Gasteiger partial charge in [0.25, 0.3) is 17.0 Å². The first-order valence-corrected chi connectivity index (χ1v) is 19.1. The maximum absolute atomic E-state index is 12.8. The summed E-state index contributed by atoms with van der Waals surface area (Å²) in [6.45, 7) is 8.80. The zero-order valence-corrected chi connectivity index (χ0v) is 33.2. The van der Waals surface area contributed by atoms with E-state index in [0.29, 0.717) is 35.0 Å². The van der Waals surface area contributed by atoms with Gasteiger partial charge in [0.15, 0.2) is 0 Å². The van der Waals surface area contributed by atoms with Crippen molar-refractivity contribution in [3.05, 3.63) is 177 Å². The molecule has 4 heterocycles. The third kappa shape index (κ3) is 8.54. The minimum absolute atomic E-state index is 0.0895. The van der Waals surface area contributed by atoms with E-state index in [4.69, 9.17) is 10.5 Å². The lowest BCUT2D eigenvalue weighted by Gasteiger charge is -2.16. The van der Waals surface area contributed by atoms with Crippen LogP contribution in [0, 0.1) is 0 Å². The maximum atomic E-state index is 12.8. The summed E-state index contributed by atoms with van der Waals surface area (Å²) in [5.74, 6) is -0.579. The molecule has 294 valence electrons.